The first-order valence-corrected chi connectivity index (χ1v) is 5.18. The van der Waals surface area contributed by atoms with Gasteiger partial charge in [-0.3, -0.25) is 19.3 Å². The summed E-state index contributed by atoms with van der Waals surface area (Å²) >= 11 is 0. The Morgan fingerprint density at radius 2 is 2.17 bits per heavy atom. The molecule has 0 saturated carbocycles. The third kappa shape index (κ3) is 2.43. The van der Waals surface area contributed by atoms with Crippen LogP contribution in [0.4, 0.5) is 5.82 Å². The zero-order chi connectivity index (χ0) is 13.1. The van der Waals surface area contributed by atoms with Gasteiger partial charge in [-0.25, -0.2) is 15.6 Å². The van der Waals surface area contributed by atoms with Gasteiger partial charge in [0, 0.05) is 11.8 Å². The molecule has 8 heteroatoms. The second-order valence-corrected chi connectivity index (χ2v) is 3.74. The summed E-state index contributed by atoms with van der Waals surface area (Å²) in [5.74, 6) is 5.60. The number of aryl methyl sites for hydroxylation is 1. The fraction of sp³-hybridized carbons (Fsp3) is 0.200. The molecule has 0 fully saturated rings. The molecule has 0 aromatic carbocycles. The number of aromatic amines is 1. The molecule has 94 valence electrons. The first kappa shape index (κ1) is 12.0. The first-order chi connectivity index (χ1) is 8.60. The van der Waals surface area contributed by atoms with Crippen molar-refractivity contribution in [3.05, 3.63) is 50.7 Å². The molecule has 2 aromatic heterocycles. The van der Waals surface area contributed by atoms with E-state index in [2.05, 4.69) is 20.4 Å². The van der Waals surface area contributed by atoms with Crippen LogP contribution in [0.1, 0.15) is 11.3 Å². The molecule has 2 rings (SSSR count). The Kier molecular flexibility index (Phi) is 3.20. The molecule has 2 aromatic rings. The van der Waals surface area contributed by atoms with Gasteiger partial charge >= 0.3 is 5.69 Å². The SMILES string of the molecule is Cc1cn(Cc2cnc(NN)cn2)c(=O)[nH]c1=O. The van der Waals surface area contributed by atoms with E-state index in [9.17, 15) is 9.59 Å². The highest BCUT2D eigenvalue weighted by Crippen LogP contribution is 2.00. The van der Waals surface area contributed by atoms with Crippen LogP contribution in [0.15, 0.2) is 28.2 Å². The van der Waals surface area contributed by atoms with Crippen molar-refractivity contribution in [2.24, 2.45) is 5.84 Å². The number of hydrazine groups is 1. The van der Waals surface area contributed by atoms with E-state index >= 15 is 0 Å². The van der Waals surface area contributed by atoms with Crippen LogP contribution >= 0.6 is 0 Å². The van der Waals surface area contributed by atoms with Gasteiger partial charge in [0.25, 0.3) is 5.56 Å². The lowest BCUT2D eigenvalue weighted by atomic mass is 10.3. The lowest BCUT2D eigenvalue weighted by Gasteiger charge is -2.05. The van der Waals surface area contributed by atoms with Crippen LogP contribution in [-0.4, -0.2) is 19.5 Å². The number of hydrogen-bond acceptors (Lipinski definition) is 6. The Morgan fingerprint density at radius 3 is 2.78 bits per heavy atom. The molecule has 0 radical (unpaired) electrons. The summed E-state index contributed by atoms with van der Waals surface area (Å²) in [7, 11) is 0. The Hall–Kier alpha value is -2.48. The third-order valence-electron chi connectivity index (χ3n) is 2.37. The summed E-state index contributed by atoms with van der Waals surface area (Å²) in [6.45, 7) is 1.86. The quantitative estimate of drug-likeness (QED) is 0.472. The molecule has 0 saturated heterocycles. The van der Waals surface area contributed by atoms with Gasteiger partial charge in [-0.1, -0.05) is 0 Å². The maximum Gasteiger partial charge on any atom is 0.328 e. The molecule has 8 nitrogen and oxygen atoms in total. The Balaban J connectivity index is 2.31. The number of nitrogens with two attached hydrogens (primary N) is 1. The number of H-pyrrole nitrogens is 1. The van der Waals surface area contributed by atoms with Crippen molar-refractivity contribution in [1.29, 1.82) is 0 Å². The van der Waals surface area contributed by atoms with E-state index in [4.69, 9.17) is 5.84 Å². The number of nitrogens with zero attached hydrogens (tertiary/aromatic N) is 3. The monoisotopic (exact) mass is 248 g/mol. The van der Waals surface area contributed by atoms with Gasteiger partial charge in [0.15, 0.2) is 5.82 Å². The normalized spacial score (nSPS) is 10.3. The highest BCUT2D eigenvalue weighted by Gasteiger charge is 2.03. The van der Waals surface area contributed by atoms with Crippen LogP contribution in [0.2, 0.25) is 0 Å². The van der Waals surface area contributed by atoms with Crippen molar-refractivity contribution in [3.8, 4) is 0 Å². The smallest absolute Gasteiger partial charge is 0.307 e. The Labute approximate surface area is 101 Å². The van der Waals surface area contributed by atoms with E-state index in [0.29, 0.717) is 17.1 Å². The zero-order valence-electron chi connectivity index (χ0n) is 9.67. The molecule has 0 spiro atoms. The van der Waals surface area contributed by atoms with Crippen LogP contribution in [-0.2, 0) is 6.54 Å². The molecule has 0 unspecified atom stereocenters. The van der Waals surface area contributed by atoms with Crippen LogP contribution in [0.25, 0.3) is 0 Å². The Bertz CT molecular complexity index is 657. The van der Waals surface area contributed by atoms with E-state index in [1.54, 1.807) is 6.92 Å². The molecular formula is C10H12N6O2. The molecule has 0 aliphatic carbocycles. The summed E-state index contributed by atoms with van der Waals surface area (Å²) in [5.41, 5.74) is 2.54. The van der Waals surface area contributed by atoms with Crippen molar-refractivity contribution in [1.82, 2.24) is 19.5 Å². The van der Waals surface area contributed by atoms with E-state index in [1.807, 2.05) is 0 Å². The fourth-order valence-corrected chi connectivity index (χ4v) is 1.42. The largest absolute Gasteiger partial charge is 0.328 e. The van der Waals surface area contributed by atoms with Gasteiger partial charge in [-0.15, -0.1) is 0 Å². The summed E-state index contributed by atoms with van der Waals surface area (Å²) < 4.78 is 1.36. The second kappa shape index (κ2) is 4.80. The van der Waals surface area contributed by atoms with E-state index in [1.165, 1.54) is 23.2 Å². The Morgan fingerprint density at radius 1 is 1.39 bits per heavy atom. The fourth-order valence-electron chi connectivity index (χ4n) is 1.42. The second-order valence-electron chi connectivity index (χ2n) is 3.74. The van der Waals surface area contributed by atoms with Crippen molar-refractivity contribution < 1.29 is 0 Å². The minimum Gasteiger partial charge on any atom is -0.307 e. The number of hydrogen-bond donors (Lipinski definition) is 3. The van der Waals surface area contributed by atoms with Gasteiger partial charge in [-0.05, 0) is 6.92 Å². The minimum absolute atomic E-state index is 0.230. The number of nitrogens with one attached hydrogen (secondary N) is 2. The average Bonchev–Trinajstić information content (AvgIpc) is 2.37. The summed E-state index contributed by atoms with van der Waals surface area (Å²) in [5, 5.41) is 0. The predicted molar refractivity (Wildman–Crippen MR) is 65.0 cm³/mol. The standard InChI is InChI=1S/C10H12N6O2/c1-6-4-16(10(18)14-9(6)17)5-7-2-13-8(15-11)3-12-7/h2-4H,5,11H2,1H3,(H,13,15)(H,14,17,18). The van der Waals surface area contributed by atoms with Gasteiger partial charge in [0.1, 0.15) is 0 Å². The first-order valence-electron chi connectivity index (χ1n) is 5.18. The van der Waals surface area contributed by atoms with E-state index in [0.717, 1.165) is 0 Å². The predicted octanol–water partition coefficient (Wildman–Crippen LogP) is -1.03. The van der Waals surface area contributed by atoms with Crippen LogP contribution in [0.5, 0.6) is 0 Å². The average molecular weight is 248 g/mol. The van der Waals surface area contributed by atoms with E-state index < -0.39 is 5.69 Å². The van der Waals surface area contributed by atoms with Gasteiger partial charge in [0.05, 0.1) is 24.6 Å². The highest BCUT2D eigenvalue weighted by atomic mass is 16.2. The molecule has 0 aliphatic heterocycles. The van der Waals surface area contributed by atoms with Crippen molar-refractivity contribution in [2.45, 2.75) is 13.5 Å². The van der Waals surface area contributed by atoms with Gasteiger partial charge in [-0.2, -0.15) is 0 Å². The number of anilines is 1. The highest BCUT2D eigenvalue weighted by molar-refractivity contribution is 5.28. The molecule has 18 heavy (non-hydrogen) atoms. The maximum atomic E-state index is 11.5. The summed E-state index contributed by atoms with van der Waals surface area (Å²) in [6.07, 6.45) is 4.44. The lowest BCUT2D eigenvalue weighted by molar-refractivity contribution is 0.696. The summed E-state index contributed by atoms with van der Waals surface area (Å²) in [4.78, 5) is 33.0. The van der Waals surface area contributed by atoms with Crippen molar-refractivity contribution in [3.63, 3.8) is 0 Å². The topological polar surface area (TPSA) is 119 Å². The van der Waals surface area contributed by atoms with Gasteiger partial charge < -0.3 is 5.43 Å². The molecule has 2 heterocycles. The van der Waals surface area contributed by atoms with Crippen molar-refractivity contribution in [2.75, 3.05) is 5.43 Å². The van der Waals surface area contributed by atoms with Crippen LogP contribution < -0.4 is 22.5 Å². The van der Waals surface area contributed by atoms with Crippen molar-refractivity contribution >= 4 is 5.82 Å². The summed E-state index contributed by atoms with van der Waals surface area (Å²) in [6, 6.07) is 0. The van der Waals surface area contributed by atoms with Crippen LogP contribution in [0.3, 0.4) is 0 Å². The van der Waals surface area contributed by atoms with Gasteiger partial charge in [0.2, 0.25) is 0 Å². The minimum atomic E-state index is -0.478. The third-order valence-corrected chi connectivity index (χ3v) is 2.37. The number of nitrogen functional groups attached to an aromatic ring is 1. The molecule has 0 bridgehead atoms. The number of aromatic nitrogens is 4. The lowest BCUT2D eigenvalue weighted by Crippen LogP contribution is -2.31. The zero-order valence-corrected chi connectivity index (χ0v) is 9.67. The molecule has 4 N–H and O–H groups in total. The molecular weight excluding hydrogens is 236 g/mol. The number of rotatable bonds is 3. The molecule has 0 amide bonds. The molecule has 0 atom stereocenters. The van der Waals surface area contributed by atoms with Crippen LogP contribution in [0, 0.1) is 6.92 Å². The maximum absolute atomic E-state index is 11.5. The molecule has 0 aliphatic rings. The van der Waals surface area contributed by atoms with E-state index in [-0.39, 0.29) is 12.1 Å².